The van der Waals surface area contributed by atoms with E-state index in [0.717, 1.165) is 0 Å². The van der Waals surface area contributed by atoms with Crippen molar-refractivity contribution in [2.75, 3.05) is 26.9 Å². The van der Waals surface area contributed by atoms with Gasteiger partial charge in [-0.3, -0.25) is 0 Å². The Morgan fingerprint density at radius 1 is 0.824 bits per heavy atom. The molecule has 1 unspecified atom stereocenters. The zero-order valence-electron chi connectivity index (χ0n) is 18.5. The number of ether oxygens (including phenoxy) is 5. The Kier molecular flexibility index (Phi) is 9.57. The number of hydrogen-bond donors (Lipinski definition) is 8. The summed E-state index contributed by atoms with van der Waals surface area (Å²) in [5.74, 6) is 0.623. The van der Waals surface area contributed by atoms with Crippen LogP contribution < -0.4 is 10.5 Å². The molecular weight excluding hydrogens is 458 g/mol. The molecule has 0 amide bonds. The highest BCUT2D eigenvalue weighted by molar-refractivity contribution is 5.28. The summed E-state index contributed by atoms with van der Waals surface area (Å²) in [7, 11) is 1.53. The van der Waals surface area contributed by atoms with Gasteiger partial charge in [-0.15, -0.1) is 0 Å². The Bertz CT molecular complexity index is 752. The third kappa shape index (κ3) is 5.84. The van der Waals surface area contributed by atoms with Crippen molar-refractivity contribution < 1.29 is 59.4 Å². The molecule has 2 saturated heterocycles. The fraction of sp³-hybridized carbons (Fsp3) is 0.714. The lowest BCUT2D eigenvalue weighted by Gasteiger charge is -2.43. The largest absolute Gasteiger partial charge is 0.497 e. The Balaban J connectivity index is 1.65. The molecule has 11 atom stereocenters. The predicted molar refractivity (Wildman–Crippen MR) is 112 cm³/mol. The van der Waals surface area contributed by atoms with Crippen LogP contribution >= 0.6 is 0 Å². The fourth-order valence-corrected chi connectivity index (χ4v) is 3.81. The number of benzene rings is 1. The molecule has 3 rings (SSSR count). The molecule has 194 valence electrons. The molecule has 0 radical (unpaired) electrons. The van der Waals surface area contributed by atoms with E-state index < -0.39 is 80.7 Å². The third-order valence-electron chi connectivity index (χ3n) is 5.94. The van der Waals surface area contributed by atoms with Crippen LogP contribution in [0.25, 0.3) is 0 Å². The molecule has 1 aromatic carbocycles. The van der Waals surface area contributed by atoms with Crippen LogP contribution in [0, 0.1) is 0 Å². The van der Waals surface area contributed by atoms with Gasteiger partial charge >= 0.3 is 0 Å². The first-order valence-electron chi connectivity index (χ1n) is 10.8. The lowest BCUT2D eigenvalue weighted by molar-refractivity contribution is -0.335. The van der Waals surface area contributed by atoms with E-state index in [-0.39, 0.29) is 6.54 Å². The maximum atomic E-state index is 10.4. The highest BCUT2D eigenvalue weighted by atomic mass is 16.7. The van der Waals surface area contributed by atoms with Crippen molar-refractivity contribution in [1.29, 1.82) is 0 Å². The minimum absolute atomic E-state index is 0.0175. The van der Waals surface area contributed by atoms with Gasteiger partial charge in [-0.25, -0.2) is 0 Å². The summed E-state index contributed by atoms with van der Waals surface area (Å²) in [4.78, 5) is 0. The van der Waals surface area contributed by atoms with Gasteiger partial charge in [0.25, 0.3) is 0 Å². The molecule has 34 heavy (non-hydrogen) atoms. The van der Waals surface area contributed by atoms with E-state index in [9.17, 15) is 35.7 Å². The molecule has 0 aromatic heterocycles. The van der Waals surface area contributed by atoms with Crippen molar-refractivity contribution in [3.8, 4) is 5.75 Å². The van der Waals surface area contributed by atoms with E-state index in [1.807, 2.05) is 0 Å². The average Bonchev–Trinajstić information content (AvgIpc) is 2.86. The number of methoxy groups -OCH3 is 1. The highest BCUT2D eigenvalue weighted by Crippen LogP contribution is 2.29. The summed E-state index contributed by atoms with van der Waals surface area (Å²) in [6, 6.07) is 6.84. The number of hydrogen-bond acceptors (Lipinski definition) is 13. The van der Waals surface area contributed by atoms with Gasteiger partial charge in [0, 0.05) is 6.54 Å². The Morgan fingerprint density at radius 2 is 1.38 bits per heavy atom. The van der Waals surface area contributed by atoms with Crippen LogP contribution in [0.3, 0.4) is 0 Å². The predicted octanol–water partition coefficient (Wildman–Crippen LogP) is -3.66. The van der Waals surface area contributed by atoms with E-state index in [1.54, 1.807) is 24.3 Å². The average molecular weight is 491 g/mol. The summed E-state index contributed by atoms with van der Waals surface area (Å²) in [5, 5.41) is 70.1. The van der Waals surface area contributed by atoms with Crippen LogP contribution in [0.2, 0.25) is 0 Å². The van der Waals surface area contributed by atoms with Crippen molar-refractivity contribution in [1.82, 2.24) is 0 Å². The molecular formula is C21H33NO12. The van der Waals surface area contributed by atoms with E-state index in [1.165, 1.54) is 7.11 Å². The Morgan fingerprint density at radius 3 is 1.94 bits per heavy atom. The molecule has 2 heterocycles. The molecule has 0 aliphatic carbocycles. The van der Waals surface area contributed by atoms with Crippen LogP contribution in [-0.4, -0.2) is 124 Å². The van der Waals surface area contributed by atoms with E-state index in [2.05, 4.69) is 0 Å². The standard InChI is InChI=1S/C21H33NO12/c1-30-10-4-2-9(3-5-10)11(6-22)32-21-19(29)17(27)15(25)13(34-21)8-31-20-18(28)16(26)14(24)12(7-23)33-20/h2-5,11-21,23-29H,6-8,22H2,1H3/t11?,12-,13-,14-,15-,16+,17+,18-,19-,20-,21-/m1/s1. The Hall–Kier alpha value is -1.46. The highest BCUT2D eigenvalue weighted by Gasteiger charge is 2.47. The molecule has 13 heteroatoms. The van der Waals surface area contributed by atoms with Crippen LogP contribution in [0.5, 0.6) is 5.75 Å². The van der Waals surface area contributed by atoms with Crippen molar-refractivity contribution in [2.45, 2.75) is 67.5 Å². The third-order valence-corrected chi connectivity index (χ3v) is 5.94. The number of aliphatic hydroxyl groups is 7. The van der Waals surface area contributed by atoms with Crippen LogP contribution in [-0.2, 0) is 18.9 Å². The first kappa shape index (κ1) is 27.1. The summed E-state index contributed by atoms with van der Waals surface area (Å²) >= 11 is 0. The molecule has 0 saturated carbocycles. The SMILES string of the molecule is COc1ccc(C(CN)O[C@@H]2O[C@H](CO[C@@H]3O[C@H](CO)[C@@H](O)[C@H](O)[C@H]3O)[C@@H](O)[C@H](O)[C@H]2O)cc1. The number of aliphatic hydroxyl groups excluding tert-OH is 7. The molecule has 2 fully saturated rings. The van der Waals surface area contributed by atoms with Crippen molar-refractivity contribution in [3.05, 3.63) is 29.8 Å². The molecule has 1 aromatic rings. The molecule has 2 aliphatic heterocycles. The number of rotatable bonds is 9. The van der Waals surface area contributed by atoms with Gasteiger partial charge in [-0.2, -0.15) is 0 Å². The normalized spacial score (nSPS) is 39.6. The van der Waals surface area contributed by atoms with Crippen molar-refractivity contribution in [2.24, 2.45) is 5.73 Å². The quantitative estimate of drug-likeness (QED) is 0.167. The maximum Gasteiger partial charge on any atom is 0.187 e. The molecule has 9 N–H and O–H groups in total. The van der Waals surface area contributed by atoms with Gasteiger partial charge in [-0.1, -0.05) is 12.1 Å². The second kappa shape index (κ2) is 12.0. The summed E-state index contributed by atoms with van der Waals surface area (Å²) < 4.78 is 27.2. The van der Waals surface area contributed by atoms with E-state index in [0.29, 0.717) is 11.3 Å². The molecule has 13 nitrogen and oxygen atoms in total. The topological polar surface area (TPSA) is 214 Å². The van der Waals surface area contributed by atoms with Crippen molar-refractivity contribution >= 4 is 0 Å². The van der Waals surface area contributed by atoms with Gasteiger partial charge in [0.1, 0.15) is 54.6 Å². The van der Waals surface area contributed by atoms with Gasteiger partial charge in [0.15, 0.2) is 12.6 Å². The van der Waals surface area contributed by atoms with Crippen molar-refractivity contribution in [3.63, 3.8) is 0 Å². The van der Waals surface area contributed by atoms with Gasteiger partial charge < -0.3 is 65.2 Å². The maximum absolute atomic E-state index is 10.4. The van der Waals surface area contributed by atoms with E-state index in [4.69, 9.17) is 29.4 Å². The molecule has 2 aliphatic rings. The minimum atomic E-state index is -1.66. The minimum Gasteiger partial charge on any atom is -0.497 e. The van der Waals surface area contributed by atoms with Crippen LogP contribution in [0.1, 0.15) is 11.7 Å². The lowest BCUT2D eigenvalue weighted by atomic mass is 9.98. The first-order chi connectivity index (χ1) is 16.2. The smallest absolute Gasteiger partial charge is 0.187 e. The second-order valence-electron chi connectivity index (χ2n) is 8.18. The van der Waals surface area contributed by atoms with Gasteiger partial charge in [0.2, 0.25) is 0 Å². The van der Waals surface area contributed by atoms with E-state index >= 15 is 0 Å². The lowest BCUT2D eigenvalue weighted by Crippen LogP contribution is -2.61. The molecule has 0 spiro atoms. The summed E-state index contributed by atoms with van der Waals surface area (Å²) in [6.07, 6.45) is -15.7. The first-order valence-corrected chi connectivity index (χ1v) is 10.8. The van der Waals surface area contributed by atoms with Crippen LogP contribution in [0.15, 0.2) is 24.3 Å². The van der Waals surface area contributed by atoms with Crippen LogP contribution in [0.4, 0.5) is 0 Å². The second-order valence-corrected chi connectivity index (χ2v) is 8.18. The number of nitrogens with two attached hydrogens (primary N) is 1. The zero-order chi connectivity index (χ0) is 25.0. The van der Waals surface area contributed by atoms with Gasteiger partial charge in [-0.05, 0) is 17.7 Å². The Labute approximate surface area is 195 Å². The van der Waals surface area contributed by atoms with Gasteiger partial charge in [0.05, 0.1) is 26.4 Å². The summed E-state index contributed by atoms with van der Waals surface area (Å²) in [5.41, 5.74) is 6.48. The summed E-state index contributed by atoms with van der Waals surface area (Å²) in [6.45, 7) is -1.08. The zero-order valence-corrected chi connectivity index (χ0v) is 18.5. The monoisotopic (exact) mass is 491 g/mol. The molecule has 0 bridgehead atoms. The fourth-order valence-electron chi connectivity index (χ4n) is 3.81.